The lowest BCUT2D eigenvalue weighted by Gasteiger charge is -2.10. The fourth-order valence-corrected chi connectivity index (χ4v) is 7.15. The van der Waals surface area contributed by atoms with Gasteiger partial charge >= 0.3 is 0 Å². The van der Waals surface area contributed by atoms with Gasteiger partial charge in [0, 0.05) is 33.0 Å². The normalized spacial score (nSPS) is 11.6. The number of phenols is 1. The van der Waals surface area contributed by atoms with Gasteiger partial charge in [-0.3, -0.25) is 0 Å². The lowest BCUT2D eigenvalue weighted by molar-refractivity contribution is 0.481. The van der Waals surface area contributed by atoms with E-state index in [0.29, 0.717) is 39.6 Å². The molecule has 10 rings (SSSR count). The van der Waals surface area contributed by atoms with Crippen LogP contribution in [0.5, 0.6) is 5.75 Å². The van der Waals surface area contributed by atoms with Crippen LogP contribution in [-0.4, -0.2) is 24.6 Å². The zero-order valence-corrected chi connectivity index (χ0v) is 27.2. The van der Waals surface area contributed by atoms with E-state index in [-0.39, 0.29) is 5.75 Å². The van der Waals surface area contributed by atoms with Crippen LogP contribution in [-0.2, 0) is 0 Å². The van der Waals surface area contributed by atoms with E-state index in [0.717, 1.165) is 44.4 Å². The minimum absolute atomic E-state index is 0.124. The SMILES string of the molecule is Oc1ccc(-c2nc(-c3ccccc3)nc(-c3ccccc3)n2)c2oc3ccc(-n4c5ccccc5c5ccc(-c6ccccc6)cc54)cc3c12. The van der Waals surface area contributed by atoms with Gasteiger partial charge in [-0.2, -0.15) is 0 Å². The lowest BCUT2D eigenvalue weighted by Crippen LogP contribution is -2.00. The molecule has 6 heteroatoms. The zero-order valence-electron chi connectivity index (χ0n) is 27.2. The molecule has 51 heavy (non-hydrogen) atoms. The van der Waals surface area contributed by atoms with E-state index in [1.165, 1.54) is 10.8 Å². The number of rotatable bonds is 5. The fraction of sp³-hybridized carbons (Fsp3) is 0. The van der Waals surface area contributed by atoms with Crippen LogP contribution in [0.2, 0.25) is 0 Å². The Labute approximate surface area is 292 Å². The topological polar surface area (TPSA) is 77.0 Å². The largest absolute Gasteiger partial charge is 0.507 e. The summed E-state index contributed by atoms with van der Waals surface area (Å²) in [5, 5.41) is 15.2. The number of nitrogens with zero attached hydrogens (tertiary/aromatic N) is 4. The number of aromatic hydroxyl groups is 1. The number of aromatic nitrogens is 4. The highest BCUT2D eigenvalue weighted by Gasteiger charge is 2.21. The van der Waals surface area contributed by atoms with Gasteiger partial charge in [0.1, 0.15) is 16.9 Å². The molecule has 3 heterocycles. The standard InChI is InChI=1S/C45H28N4O2/c50-39-24-23-35(45-47-43(29-14-6-2-7-15-29)46-44(48-45)30-16-8-3-9-17-30)42-41(39)36-27-32(21-25-40(36)51-42)49-37-19-11-10-18-33(37)34-22-20-31(26-38(34)49)28-12-4-1-5-13-28/h1-27,50H. The van der Waals surface area contributed by atoms with Gasteiger partial charge in [-0.15, -0.1) is 0 Å². The van der Waals surface area contributed by atoms with E-state index in [1.807, 2.05) is 78.9 Å². The quantitative estimate of drug-likeness (QED) is 0.199. The smallest absolute Gasteiger partial charge is 0.167 e. The minimum Gasteiger partial charge on any atom is -0.507 e. The highest BCUT2D eigenvalue weighted by molar-refractivity contribution is 6.14. The molecule has 0 aliphatic carbocycles. The first-order valence-corrected chi connectivity index (χ1v) is 16.8. The van der Waals surface area contributed by atoms with Gasteiger partial charge in [0.05, 0.1) is 22.0 Å². The maximum absolute atomic E-state index is 11.4. The Kier molecular flexibility index (Phi) is 6.54. The molecule has 6 nitrogen and oxygen atoms in total. The van der Waals surface area contributed by atoms with Gasteiger partial charge in [0.2, 0.25) is 0 Å². The Hall–Kier alpha value is -7.05. The van der Waals surface area contributed by atoms with Gasteiger partial charge in [-0.25, -0.2) is 15.0 Å². The van der Waals surface area contributed by atoms with E-state index >= 15 is 0 Å². The highest BCUT2D eigenvalue weighted by atomic mass is 16.3. The second-order valence-electron chi connectivity index (χ2n) is 12.6. The third-order valence-electron chi connectivity index (χ3n) is 9.56. The van der Waals surface area contributed by atoms with Crippen LogP contribution in [0.15, 0.2) is 168 Å². The van der Waals surface area contributed by atoms with E-state index in [1.54, 1.807) is 6.07 Å². The van der Waals surface area contributed by atoms with Crippen molar-refractivity contribution in [3.8, 4) is 56.7 Å². The fourth-order valence-electron chi connectivity index (χ4n) is 7.15. The molecule has 0 amide bonds. The maximum Gasteiger partial charge on any atom is 0.167 e. The second kappa shape index (κ2) is 11.5. The first kappa shape index (κ1) is 28.9. The van der Waals surface area contributed by atoms with Gasteiger partial charge in [-0.05, 0) is 53.6 Å². The van der Waals surface area contributed by atoms with Crippen LogP contribution in [0, 0.1) is 0 Å². The van der Waals surface area contributed by atoms with Crippen molar-refractivity contribution in [3.05, 3.63) is 164 Å². The summed E-state index contributed by atoms with van der Waals surface area (Å²) in [6.45, 7) is 0. The molecular formula is C45H28N4O2. The molecule has 10 aromatic rings. The van der Waals surface area contributed by atoms with Crippen molar-refractivity contribution < 1.29 is 9.52 Å². The predicted molar refractivity (Wildman–Crippen MR) is 205 cm³/mol. The molecule has 0 atom stereocenters. The third-order valence-corrected chi connectivity index (χ3v) is 9.56. The van der Waals surface area contributed by atoms with Crippen molar-refractivity contribution in [3.63, 3.8) is 0 Å². The van der Waals surface area contributed by atoms with Crippen LogP contribution < -0.4 is 0 Å². The summed E-state index contributed by atoms with van der Waals surface area (Å²) in [5.41, 5.74) is 9.06. The van der Waals surface area contributed by atoms with Crippen LogP contribution in [0.1, 0.15) is 0 Å². The number of hydrogen-bond donors (Lipinski definition) is 1. The van der Waals surface area contributed by atoms with Gasteiger partial charge in [0.25, 0.3) is 0 Å². The number of furan rings is 1. The molecule has 0 aliphatic heterocycles. The Morgan fingerprint density at radius 2 is 1.06 bits per heavy atom. The van der Waals surface area contributed by atoms with E-state index in [9.17, 15) is 5.11 Å². The minimum atomic E-state index is 0.124. The van der Waals surface area contributed by atoms with E-state index in [2.05, 4.69) is 83.4 Å². The molecule has 0 unspecified atom stereocenters. The van der Waals surface area contributed by atoms with Crippen LogP contribution in [0.4, 0.5) is 0 Å². The summed E-state index contributed by atoms with van der Waals surface area (Å²) in [7, 11) is 0. The van der Waals surface area contributed by atoms with Crippen LogP contribution in [0.3, 0.4) is 0 Å². The molecule has 1 N–H and O–H groups in total. The van der Waals surface area contributed by atoms with Crippen LogP contribution >= 0.6 is 0 Å². The Bertz CT molecular complexity index is 2860. The van der Waals surface area contributed by atoms with E-state index in [4.69, 9.17) is 19.4 Å². The number of fused-ring (bicyclic) bond motifs is 6. The molecule has 0 fully saturated rings. The zero-order chi connectivity index (χ0) is 33.9. The Balaban J connectivity index is 1.19. The van der Waals surface area contributed by atoms with Crippen molar-refractivity contribution in [1.29, 1.82) is 0 Å². The van der Waals surface area contributed by atoms with Crippen molar-refractivity contribution >= 4 is 43.7 Å². The summed E-state index contributed by atoms with van der Waals surface area (Å²) < 4.78 is 8.86. The molecule has 0 bridgehead atoms. The number of para-hydroxylation sites is 1. The summed E-state index contributed by atoms with van der Waals surface area (Å²) in [5.74, 6) is 1.70. The molecule has 3 aromatic heterocycles. The van der Waals surface area contributed by atoms with E-state index < -0.39 is 0 Å². The Morgan fingerprint density at radius 1 is 0.451 bits per heavy atom. The first-order valence-electron chi connectivity index (χ1n) is 16.8. The van der Waals surface area contributed by atoms with Gasteiger partial charge < -0.3 is 14.1 Å². The summed E-state index contributed by atoms with van der Waals surface area (Å²) in [6, 6.07) is 55.0. The highest BCUT2D eigenvalue weighted by Crippen LogP contribution is 2.42. The third kappa shape index (κ3) is 4.76. The lowest BCUT2D eigenvalue weighted by atomic mass is 10.0. The average Bonchev–Trinajstić information content (AvgIpc) is 3.75. The molecular weight excluding hydrogens is 629 g/mol. The van der Waals surface area contributed by atoms with Crippen molar-refractivity contribution in [2.75, 3.05) is 0 Å². The van der Waals surface area contributed by atoms with Crippen LogP contribution in [0.25, 0.3) is 94.7 Å². The summed E-state index contributed by atoms with van der Waals surface area (Å²) in [4.78, 5) is 14.7. The molecule has 0 spiro atoms. The molecule has 0 saturated carbocycles. The van der Waals surface area contributed by atoms with Gasteiger partial charge in [-0.1, -0.05) is 121 Å². The van der Waals surface area contributed by atoms with Crippen molar-refractivity contribution in [2.45, 2.75) is 0 Å². The molecule has 0 aliphatic rings. The summed E-state index contributed by atoms with van der Waals surface area (Å²) >= 11 is 0. The van der Waals surface area contributed by atoms with Gasteiger partial charge in [0.15, 0.2) is 17.5 Å². The first-order chi connectivity index (χ1) is 25.2. The average molecular weight is 657 g/mol. The maximum atomic E-state index is 11.4. The number of hydrogen-bond acceptors (Lipinski definition) is 5. The predicted octanol–water partition coefficient (Wildman–Crippen LogP) is 11.2. The molecule has 0 saturated heterocycles. The second-order valence-corrected chi connectivity index (χ2v) is 12.6. The number of benzene rings is 7. The molecule has 0 radical (unpaired) electrons. The monoisotopic (exact) mass is 656 g/mol. The Morgan fingerprint density at radius 3 is 1.76 bits per heavy atom. The van der Waals surface area contributed by atoms with Crippen molar-refractivity contribution in [2.24, 2.45) is 0 Å². The summed E-state index contributed by atoms with van der Waals surface area (Å²) in [6.07, 6.45) is 0. The van der Waals surface area contributed by atoms with Crippen molar-refractivity contribution in [1.82, 2.24) is 19.5 Å². The number of phenolic OH excluding ortho intramolecular Hbond substituents is 1. The molecule has 240 valence electrons. The molecule has 7 aromatic carbocycles.